The predicted molar refractivity (Wildman–Crippen MR) is 60.4 cm³/mol. The van der Waals surface area contributed by atoms with Gasteiger partial charge in [-0.15, -0.1) is 0 Å². The molecule has 1 aliphatic rings. The number of rotatable bonds is 2. The highest BCUT2D eigenvalue weighted by Crippen LogP contribution is 2.34. The lowest BCUT2D eigenvalue weighted by Gasteiger charge is -2.13. The third-order valence-electron chi connectivity index (χ3n) is 2.49. The average Bonchev–Trinajstić information content (AvgIpc) is 2.50. The molecule has 1 aromatic rings. The van der Waals surface area contributed by atoms with Crippen LogP contribution in [0.15, 0.2) is 12.1 Å². The zero-order chi connectivity index (χ0) is 11.5. The fourth-order valence-corrected chi connectivity index (χ4v) is 1.69. The molecule has 2 N–H and O–H groups in total. The molecule has 1 amide bonds. The first kappa shape index (κ1) is 10.6. The third-order valence-corrected chi connectivity index (χ3v) is 2.49. The van der Waals surface area contributed by atoms with Gasteiger partial charge in [-0.1, -0.05) is 0 Å². The van der Waals surface area contributed by atoms with E-state index in [0.717, 1.165) is 5.69 Å². The maximum absolute atomic E-state index is 11.8. The largest absolute Gasteiger partial charge is 0.497 e. The molecular weight excluding hydrogens is 208 g/mol. The van der Waals surface area contributed by atoms with Gasteiger partial charge in [0.05, 0.1) is 25.5 Å². The molecule has 86 valence electrons. The number of benzene rings is 1. The lowest BCUT2D eigenvalue weighted by atomic mass is 10.1. The van der Waals surface area contributed by atoms with Crippen LogP contribution < -0.4 is 20.1 Å². The van der Waals surface area contributed by atoms with Gasteiger partial charge in [0.15, 0.2) is 0 Å². The SMILES string of the molecule is COc1cc(OC)c2c(c1)C(=O)NCCN2. The van der Waals surface area contributed by atoms with Gasteiger partial charge in [-0.25, -0.2) is 0 Å². The highest BCUT2D eigenvalue weighted by molar-refractivity contribution is 6.02. The number of fused-ring (bicyclic) bond motifs is 1. The first-order chi connectivity index (χ1) is 7.76. The van der Waals surface area contributed by atoms with Crippen LogP contribution >= 0.6 is 0 Å². The Hall–Kier alpha value is -1.91. The Labute approximate surface area is 93.7 Å². The van der Waals surface area contributed by atoms with Crippen molar-refractivity contribution in [2.75, 3.05) is 32.6 Å². The number of methoxy groups -OCH3 is 2. The standard InChI is InChI=1S/C11H14N2O3/c1-15-7-5-8-10(9(6-7)16-2)12-3-4-13-11(8)14/h5-6,12H,3-4H2,1-2H3,(H,13,14). The maximum atomic E-state index is 11.8. The van der Waals surface area contributed by atoms with Crippen LogP contribution in [0.5, 0.6) is 11.5 Å². The first-order valence-corrected chi connectivity index (χ1v) is 5.04. The van der Waals surface area contributed by atoms with E-state index in [2.05, 4.69) is 10.6 Å². The molecule has 0 bridgehead atoms. The van der Waals surface area contributed by atoms with Gasteiger partial charge in [0.2, 0.25) is 0 Å². The summed E-state index contributed by atoms with van der Waals surface area (Å²) in [5.41, 5.74) is 1.27. The van der Waals surface area contributed by atoms with Crippen LogP contribution in [-0.4, -0.2) is 33.2 Å². The molecule has 0 spiro atoms. The molecule has 5 nitrogen and oxygen atoms in total. The Kier molecular flexibility index (Phi) is 2.85. The van der Waals surface area contributed by atoms with Crippen LogP contribution in [0.2, 0.25) is 0 Å². The molecule has 1 heterocycles. The Morgan fingerprint density at radius 3 is 2.56 bits per heavy atom. The van der Waals surface area contributed by atoms with Crippen molar-refractivity contribution in [2.45, 2.75) is 0 Å². The van der Waals surface area contributed by atoms with Crippen LogP contribution in [0.4, 0.5) is 5.69 Å². The van der Waals surface area contributed by atoms with E-state index in [1.807, 2.05) is 0 Å². The number of hydrogen-bond acceptors (Lipinski definition) is 4. The van der Waals surface area contributed by atoms with Crippen LogP contribution in [0.3, 0.4) is 0 Å². The van der Waals surface area contributed by atoms with Crippen molar-refractivity contribution in [1.82, 2.24) is 5.32 Å². The summed E-state index contributed by atoms with van der Waals surface area (Å²) in [7, 11) is 3.13. The van der Waals surface area contributed by atoms with Crippen molar-refractivity contribution in [2.24, 2.45) is 0 Å². The Morgan fingerprint density at radius 1 is 1.12 bits per heavy atom. The molecule has 16 heavy (non-hydrogen) atoms. The summed E-state index contributed by atoms with van der Waals surface area (Å²) in [5, 5.41) is 5.95. The molecule has 1 aromatic carbocycles. The minimum Gasteiger partial charge on any atom is -0.497 e. The van der Waals surface area contributed by atoms with E-state index in [1.165, 1.54) is 0 Å². The molecule has 0 saturated heterocycles. The Bertz CT molecular complexity index is 418. The predicted octanol–water partition coefficient (Wildman–Crippen LogP) is 0.859. The van der Waals surface area contributed by atoms with E-state index < -0.39 is 0 Å². The van der Waals surface area contributed by atoms with Gasteiger partial charge in [0, 0.05) is 19.2 Å². The van der Waals surface area contributed by atoms with E-state index >= 15 is 0 Å². The quantitative estimate of drug-likeness (QED) is 0.779. The van der Waals surface area contributed by atoms with Gasteiger partial charge in [0.25, 0.3) is 5.91 Å². The lowest BCUT2D eigenvalue weighted by molar-refractivity contribution is 0.0957. The van der Waals surface area contributed by atoms with E-state index in [0.29, 0.717) is 30.2 Å². The number of hydrogen-bond donors (Lipinski definition) is 2. The summed E-state index contributed by atoms with van der Waals surface area (Å²) >= 11 is 0. The van der Waals surface area contributed by atoms with Crippen LogP contribution in [0.25, 0.3) is 0 Å². The molecule has 0 aromatic heterocycles. The van der Waals surface area contributed by atoms with Crippen LogP contribution in [0.1, 0.15) is 10.4 Å². The number of ether oxygens (including phenoxy) is 2. The van der Waals surface area contributed by atoms with Crippen molar-refractivity contribution in [3.05, 3.63) is 17.7 Å². The number of carbonyl (C=O) groups excluding carboxylic acids is 1. The van der Waals surface area contributed by atoms with E-state index in [1.54, 1.807) is 26.4 Å². The van der Waals surface area contributed by atoms with Crippen LogP contribution in [0, 0.1) is 0 Å². The van der Waals surface area contributed by atoms with Gasteiger partial charge in [-0.05, 0) is 6.07 Å². The molecule has 1 aliphatic heterocycles. The minimum absolute atomic E-state index is 0.114. The summed E-state index contributed by atoms with van der Waals surface area (Å²) in [6.45, 7) is 1.28. The molecule has 0 saturated carbocycles. The second-order valence-electron chi connectivity index (χ2n) is 3.43. The number of amides is 1. The highest BCUT2D eigenvalue weighted by atomic mass is 16.5. The van der Waals surface area contributed by atoms with Crippen molar-refractivity contribution < 1.29 is 14.3 Å². The van der Waals surface area contributed by atoms with Crippen molar-refractivity contribution >= 4 is 11.6 Å². The molecule has 2 rings (SSSR count). The molecule has 0 fully saturated rings. The number of carbonyl (C=O) groups is 1. The zero-order valence-corrected chi connectivity index (χ0v) is 9.29. The monoisotopic (exact) mass is 222 g/mol. The summed E-state index contributed by atoms with van der Waals surface area (Å²) in [4.78, 5) is 11.8. The first-order valence-electron chi connectivity index (χ1n) is 5.04. The molecule has 0 radical (unpaired) electrons. The Morgan fingerprint density at radius 2 is 1.88 bits per heavy atom. The number of nitrogens with one attached hydrogen (secondary N) is 2. The molecule has 0 atom stereocenters. The number of anilines is 1. The van der Waals surface area contributed by atoms with Crippen LogP contribution in [-0.2, 0) is 0 Å². The highest BCUT2D eigenvalue weighted by Gasteiger charge is 2.19. The molecule has 0 aliphatic carbocycles. The van der Waals surface area contributed by atoms with Gasteiger partial charge >= 0.3 is 0 Å². The molecule has 5 heteroatoms. The minimum atomic E-state index is -0.114. The Balaban J connectivity index is 2.56. The smallest absolute Gasteiger partial charge is 0.253 e. The topological polar surface area (TPSA) is 59.6 Å². The van der Waals surface area contributed by atoms with Gasteiger partial charge < -0.3 is 20.1 Å². The lowest BCUT2D eigenvalue weighted by Crippen LogP contribution is -2.24. The van der Waals surface area contributed by atoms with Crippen molar-refractivity contribution in [3.63, 3.8) is 0 Å². The molecule has 0 unspecified atom stereocenters. The second-order valence-corrected chi connectivity index (χ2v) is 3.43. The van der Waals surface area contributed by atoms with E-state index in [4.69, 9.17) is 9.47 Å². The fraction of sp³-hybridized carbons (Fsp3) is 0.364. The maximum Gasteiger partial charge on any atom is 0.253 e. The van der Waals surface area contributed by atoms with Gasteiger partial charge in [-0.2, -0.15) is 0 Å². The summed E-state index contributed by atoms with van der Waals surface area (Å²) in [6.07, 6.45) is 0. The summed E-state index contributed by atoms with van der Waals surface area (Å²) in [6, 6.07) is 3.45. The molecular formula is C11H14N2O3. The van der Waals surface area contributed by atoms with Crippen molar-refractivity contribution in [3.8, 4) is 11.5 Å². The van der Waals surface area contributed by atoms with Gasteiger partial charge in [0.1, 0.15) is 11.5 Å². The third kappa shape index (κ3) is 1.76. The van der Waals surface area contributed by atoms with Gasteiger partial charge in [-0.3, -0.25) is 4.79 Å². The van der Waals surface area contributed by atoms with Crippen molar-refractivity contribution in [1.29, 1.82) is 0 Å². The average molecular weight is 222 g/mol. The second kappa shape index (κ2) is 4.30. The normalized spacial score (nSPS) is 14.2. The fourth-order valence-electron chi connectivity index (χ4n) is 1.69. The van der Waals surface area contributed by atoms with E-state index in [-0.39, 0.29) is 5.91 Å². The zero-order valence-electron chi connectivity index (χ0n) is 9.29. The summed E-state index contributed by atoms with van der Waals surface area (Å²) in [5.74, 6) is 1.11. The van der Waals surface area contributed by atoms with E-state index in [9.17, 15) is 4.79 Å². The summed E-state index contributed by atoms with van der Waals surface area (Å²) < 4.78 is 10.4.